The van der Waals surface area contributed by atoms with E-state index in [0.717, 1.165) is 12.8 Å². The first-order chi connectivity index (χ1) is 12.0. The molecule has 1 fully saturated rings. The van der Waals surface area contributed by atoms with Crippen LogP contribution in [0.3, 0.4) is 0 Å². The summed E-state index contributed by atoms with van der Waals surface area (Å²) in [5, 5.41) is 2.82. The third-order valence-electron chi connectivity index (χ3n) is 3.59. The van der Waals surface area contributed by atoms with Gasteiger partial charge in [0.25, 0.3) is 0 Å². The van der Waals surface area contributed by atoms with Crippen molar-refractivity contribution in [3.8, 4) is 11.6 Å². The van der Waals surface area contributed by atoms with E-state index in [9.17, 15) is 9.59 Å². The minimum atomic E-state index is -0.519. The SMILES string of the molecule is CC(C)Oc1ccc(C(=O)Oc2cccc(NC(=O)C3CC3)c2)cn1. The van der Waals surface area contributed by atoms with Crippen molar-refractivity contribution in [3.05, 3.63) is 48.2 Å². The fourth-order valence-corrected chi connectivity index (χ4v) is 2.21. The summed E-state index contributed by atoms with van der Waals surface area (Å²) in [6.45, 7) is 3.80. The molecule has 25 heavy (non-hydrogen) atoms. The van der Waals surface area contributed by atoms with Gasteiger partial charge in [-0.3, -0.25) is 4.79 Å². The van der Waals surface area contributed by atoms with Crippen LogP contribution in [0.25, 0.3) is 0 Å². The Morgan fingerprint density at radius 1 is 1.20 bits per heavy atom. The molecule has 0 unspecified atom stereocenters. The molecule has 1 aliphatic rings. The molecule has 1 heterocycles. The van der Waals surface area contributed by atoms with Crippen molar-refractivity contribution in [2.75, 3.05) is 5.32 Å². The highest BCUT2D eigenvalue weighted by molar-refractivity contribution is 5.94. The molecular formula is C19H20N2O4. The van der Waals surface area contributed by atoms with Crippen molar-refractivity contribution in [1.82, 2.24) is 4.98 Å². The molecule has 1 amide bonds. The summed E-state index contributed by atoms with van der Waals surface area (Å²) in [6.07, 6.45) is 3.30. The standard InChI is InChI=1S/C19H20N2O4/c1-12(2)24-17-9-8-14(11-20-17)19(23)25-16-5-3-4-15(10-16)21-18(22)13-6-7-13/h3-5,8-13H,6-7H2,1-2H3,(H,21,22). The van der Waals surface area contributed by atoms with Gasteiger partial charge in [0.15, 0.2) is 0 Å². The van der Waals surface area contributed by atoms with E-state index in [1.165, 1.54) is 6.20 Å². The third-order valence-corrected chi connectivity index (χ3v) is 3.59. The topological polar surface area (TPSA) is 77.5 Å². The highest BCUT2D eigenvalue weighted by Gasteiger charge is 2.29. The van der Waals surface area contributed by atoms with Crippen LogP contribution in [0.1, 0.15) is 37.0 Å². The van der Waals surface area contributed by atoms with Crippen LogP contribution in [-0.4, -0.2) is 23.0 Å². The van der Waals surface area contributed by atoms with Crippen LogP contribution in [0, 0.1) is 5.92 Å². The molecule has 6 heteroatoms. The van der Waals surface area contributed by atoms with Crippen molar-refractivity contribution >= 4 is 17.6 Å². The number of nitrogens with one attached hydrogen (secondary N) is 1. The van der Waals surface area contributed by atoms with Gasteiger partial charge in [-0.2, -0.15) is 0 Å². The van der Waals surface area contributed by atoms with E-state index in [2.05, 4.69) is 10.3 Å². The minimum absolute atomic E-state index is 0.00779. The quantitative estimate of drug-likeness (QED) is 0.644. The van der Waals surface area contributed by atoms with Gasteiger partial charge in [-0.25, -0.2) is 9.78 Å². The normalized spacial score (nSPS) is 13.4. The molecule has 0 radical (unpaired) electrons. The minimum Gasteiger partial charge on any atom is -0.475 e. The van der Waals surface area contributed by atoms with E-state index in [1.54, 1.807) is 36.4 Å². The number of ether oxygens (including phenoxy) is 2. The van der Waals surface area contributed by atoms with Gasteiger partial charge >= 0.3 is 5.97 Å². The zero-order valence-electron chi connectivity index (χ0n) is 14.2. The molecule has 1 N–H and O–H groups in total. The van der Waals surface area contributed by atoms with Crippen molar-refractivity contribution in [1.29, 1.82) is 0 Å². The van der Waals surface area contributed by atoms with Crippen LogP contribution in [0.4, 0.5) is 5.69 Å². The average Bonchev–Trinajstić information content (AvgIpc) is 3.40. The van der Waals surface area contributed by atoms with E-state index in [4.69, 9.17) is 9.47 Å². The van der Waals surface area contributed by atoms with E-state index >= 15 is 0 Å². The Balaban J connectivity index is 1.63. The monoisotopic (exact) mass is 340 g/mol. The summed E-state index contributed by atoms with van der Waals surface area (Å²) in [6, 6.07) is 10.0. The number of carbonyl (C=O) groups excluding carboxylic acids is 2. The van der Waals surface area contributed by atoms with Crippen LogP contribution in [0.15, 0.2) is 42.6 Å². The van der Waals surface area contributed by atoms with Gasteiger partial charge in [-0.15, -0.1) is 0 Å². The largest absolute Gasteiger partial charge is 0.475 e. The van der Waals surface area contributed by atoms with Crippen LogP contribution in [-0.2, 0) is 4.79 Å². The Hall–Kier alpha value is -2.89. The Kier molecular flexibility index (Phi) is 4.97. The lowest BCUT2D eigenvalue weighted by atomic mass is 10.2. The molecule has 0 bridgehead atoms. The zero-order valence-corrected chi connectivity index (χ0v) is 14.2. The second-order valence-electron chi connectivity index (χ2n) is 6.23. The molecule has 0 saturated heterocycles. The Labute approximate surface area is 146 Å². The zero-order chi connectivity index (χ0) is 17.8. The maximum Gasteiger partial charge on any atom is 0.345 e. The average molecular weight is 340 g/mol. The molecule has 2 aromatic rings. The lowest BCUT2D eigenvalue weighted by Gasteiger charge is -2.09. The number of nitrogens with zero attached hydrogens (tertiary/aromatic N) is 1. The van der Waals surface area contributed by atoms with Crippen LogP contribution < -0.4 is 14.8 Å². The predicted molar refractivity (Wildman–Crippen MR) is 92.8 cm³/mol. The van der Waals surface area contributed by atoms with Gasteiger partial charge in [0.2, 0.25) is 11.8 Å². The van der Waals surface area contributed by atoms with Gasteiger partial charge in [0.05, 0.1) is 11.7 Å². The maximum absolute atomic E-state index is 12.2. The first-order valence-corrected chi connectivity index (χ1v) is 8.27. The fourth-order valence-electron chi connectivity index (χ4n) is 2.21. The number of pyridine rings is 1. The summed E-state index contributed by atoms with van der Waals surface area (Å²) in [5.41, 5.74) is 0.935. The van der Waals surface area contributed by atoms with E-state index in [-0.39, 0.29) is 17.9 Å². The number of aromatic nitrogens is 1. The highest BCUT2D eigenvalue weighted by Crippen LogP contribution is 2.30. The van der Waals surface area contributed by atoms with Crippen LogP contribution >= 0.6 is 0 Å². The Bertz CT molecular complexity index is 767. The molecule has 1 aliphatic carbocycles. The summed E-state index contributed by atoms with van der Waals surface area (Å²) >= 11 is 0. The van der Waals surface area contributed by atoms with Crippen molar-refractivity contribution < 1.29 is 19.1 Å². The number of amides is 1. The molecule has 0 aliphatic heterocycles. The second kappa shape index (κ2) is 7.34. The Morgan fingerprint density at radius 3 is 2.64 bits per heavy atom. The summed E-state index contributed by atoms with van der Waals surface area (Å²) in [7, 11) is 0. The van der Waals surface area contributed by atoms with Gasteiger partial charge in [0.1, 0.15) is 5.75 Å². The molecule has 1 saturated carbocycles. The summed E-state index contributed by atoms with van der Waals surface area (Å²) < 4.78 is 10.8. The molecule has 0 atom stereocenters. The molecule has 1 aromatic carbocycles. The summed E-state index contributed by atoms with van der Waals surface area (Å²) in [5.74, 6) is 0.420. The van der Waals surface area contributed by atoms with E-state index in [0.29, 0.717) is 22.9 Å². The van der Waals surface area contributed by atoms with Gasteiger partial charge in [-0.05, 0) is 44.9 Å². The Morgan fingerprint density at radius 2 is 2.00 bits per heavy atom. The lowest BCUT2D eigenvalue weighted by Crippen LogP contribution is -2.14. The number of anilines is 1. The number of esters is 1. The third kappa shape index (κ3) is 4.79. The molecule has 130 valence electrons. The predicted octanol–water partition coefficient (Wildman–Crippen LogP) is 3.44. The number of carbonyl (C=O) groups is 2. The first-order valence-electron chi connectivity index (χ1n) is 8.27. The van der Waals surface area contributed by atoms with Gasteiger partial charge in [0, 0.05) is 29.9 Å². The number of benzene rings is 1. The number of rotatable bonds is 6. The van der Waals surface area contributed by atoms with Crippen LogP contribution in [0.5, 0.6) is 11.6 Å². The smallest absolute Gasteiger partial charge is 0.345 e. The van der Waals surface area contributed by atoms with Crippen molar-refractivity contribution in [3.63, 3.8) is 0 Å². The van der Waals surface area contributed by atoms with E-state index < -0.39 is 5.97 Å². The van der Waals surface area contributed by atoms with E-state index in [1.807, 2.05) is 13.8 Å². The first kappa shape index (κ1) is 17.0. The van der Waals surface area contributed by atoms with Gasteiger partial charge in [-0.1, -0.05) is 6.07 Å². The number of hydrogen-bond acceptors (Lipinski definition) is 5. The molecular weight excluding hydrogens is 320 g/mol. The number of hydrogen-bond donors (Lipinski definition) is 1. The fraction of sp³-hybridized carbons (Fsp3) is 0.316. The molecule has 1 aromatic heterocycles. The van der Waals surface area contributed by atoms with Crippen molar-refractivity contribution in [2.24, 2.45) is 5.92 Å². The lowest BCUT2D eigenvalue weighted by molar-refractivity contribution is -0.117. The van der Waals surface area contributed by atoms with Crippen molar-refractivity contribution in [2.45, 2.75) is 32.8 Å². The molecule has 6 nitrogen and oxygen atoms in total. The summed E-state index contributed by atoms with van der Waals surface area (Å²) in [4.78, 5) is 28.1. The highest BCUT2D eigenvalue weighted by atomic mass is 16.5. The second-order valence-corrected chi connectivity index (χ2v) is 6.23. The maximum atomic E-state index is 12.2. The van der Waals surface area contributed by atoms with Crippen LogP contribution in [0.2, 0.25) is 0 Å². The molecule has 3 rings (SSSR count). The van der Waals surface area contributed by atoms with Gasteiger partial charge < -0.3 is 14.8 Å². The molecule has 0 spiro atoms.